The zero-order chi connectivity index (χ0) is 8.74. The molecule has 0 amide bonds. The summed E-state index contributed by atoms with van der Waals surface area (Å²) in [5.74, 6) is 0. The van der Waals surface area contributed by atoms with Crippen LogP contribution < -0.4 is 5.73 Å². The number of nitrogens with two attached hydrogens (primary N) is 1. The summed E-state index contributed by atoms with van der Waals surface area (Å²) < 4.78 is 10.5. The lowest BCUT2D eigenvalue weighted by Gasteiger charge is -2.23. The molecule has 0 aromatic heterocycles. The van der Waals surface area contributed by atoms with Gasteiger partial charge >= 0.3 is 8.56 Å². The first kappa shape index (κ1) is 11.1. The van der Waals surface area contributed by atoms with Crippen LogP contribution in [-0.4, -0.2) is 34.1 Å². The maximum atomic E-state index is 8.57. The van der Waals surface area contributed by atoms with E-state index in [1.807, 2.05) is 6.55 Å². The topological polar surface area (TPSA) is 64.7 Å². The summed E-state index contributed by atoms with van der Waals surface area (Å²) in [5.41, 5.74) is 5.23. The molecule has 0 saturated carbocycles. The van der Waals surface area contributed by atoms with Crippen molar-refractivity contribution < 1.29 is 14.0 Å². The average Bonchev–Trinajstić information content (AvgIpc) is 2.02. The summed E-state index contributed by atoms with van der Waals surface area (Å²) in [4.78, 5) is 0. The van der Waals surface area contributed by atoms with Crippen molar-refractivity contribution in [3.63, 3.8) is 0 Å². The van der Waals surface area contributed by atoms with E-state index in [1.165, 1.54) is 0 Å². The van der Waals surface area contributed by atoms with Gasteiger partial charge in [0.15, 0.2) is 0 Å². The van der Waals surface area contributed by atoms with E-state index in [1.54, 1.807) is 7.11 Å². The maximum absolute atomic E-state index is 8.57. The molecule has 11 heavy (non-hydrogen) atoms. The van der Waals surface area contributed by atoms with E-state index in [9.17, 15) is 0 Å². The van der Waals surface area contributed by atoms with Gasteiger partial charge in [0, 0.05) is 13.7 Å². The van der Waals surface area contributed by atoms with Gasteiger partial charge in [0.2, 0.25) is 0 Å². The Balaban J connectivity index is 3.68. The highest BCUT2D eigenvalue weighted by molar-refractivity contribution is 6.65. The number of hydrogen-bond acceptors (Lipinski definition) is 4. The standard InChI is InChI=1S/C6H17NO3Si/c1-9-11(2,10-6-7)5-3-4-8/h8H,3-7H2,1-2H3. The molecule has 1 unspecified atom stereocenters. The Morgan fingerprint density at radius 2 is 2.18 bits per heavy atom. The molecular weight excluding hydrogens is 162 g/mol. The highest BCUT2D eigenvalue weighted by atomic mass is 28.4. The molecule has 0 heterocycles. The molecule has 0 radical (unpaired) electrons. The van der Waals surface area contributed by atoms with E-state index < -0.39 is 8.56 Å². The van der Waals surface area contributed by atoms with Gasteiger partial charge in [-0.3, -0.25) is 0 Å². The van der Waals surface area contributed by atoms with Gasteiger partial charge in [-0.15, -0.1) is 0 Å². The molecular formula is C6H17NO3Si. The van der Waals surface area contributed by atoms with Crippen LogP contribution in [0.1, 0.15) is 6.42 Å². The van der Waals surface area contributed by atoms with Crippen LogP contribution in [0, 0.1) is 0 Å². The van der Waals surface area contributed by atoms with Gasteiger partial charge in [0.25, 0.3) is 0 Å². The fraction of sp³-hybridized carbons (Fsp3) is 1.00. The maximum Gasteiger partial charge on any atom is 0.335 e. The Labute approximate surface area is 68.6 Å². The normalized spacial score (nSPS) is 16.4. The lowest BCUT2D eigenvalue weighted by molar-refractivity contribution is 0.204. The molecule has 0 aromatic rings. The Morgan fingerprint density at radius 1 is 1.55 bits per heavy atom. The van der Waals surface area contributed by atoms with E-state index in [2.05, 4.69) is 0 Å². The van der Waals surface area contributed by atoms with Crippen LogP contribution in [0.25, 0.3) is 0 Å². The van der Waals surface area contributed by atoms with E-state index >= 15 is 0 Å². The third-order valence-corrected chi connectivity index (χ3v) is 4.51. The van der Waals surface area contributed by atoms with Crippen molar-refractivity contribution in [3.05, 3.63) is 0 Å². The zero-order valence-electron chi connectivity index (χ0n) is 7.17. The molecule has 0 aromatic carbocycles. The molecule has 68 valence electrons. The minimum atomic E-state index is -2.03. The van der Waals surface area contributed by atoms with Crippen molar-refractivity contribution in [1.82, 2.24) is 0 Å². The van der Waals surface area contributed by atoms with Gasteiger partial charge in [-0.2, -0.15) is 0 Å². The lowest BCUT2D eigenvalue weighted by atomic mass is 10.5. The van der Waals surface area contributed by atoms with Crippen LogP contribution in [0.2, 0.25) is 12.6 Å². The largest absolute Gasteiger partial charge is 0.398 e. The molecule has 0 bridgehead atoms. The third kappa shape index (κ3) is 4.49. The van der Waals surface area contributed by atoms with Crippen molar-refractivity contribution in [2.75, 3.05) is 20.4 Å². The summed E-state index contributed by atoms with van der Waals surface area (Å²) in [6.07, 6.45) is 0.719. The molecule has 0 saturated heterocycles. The molecule has 5 heteroatoms. The lowest BCUT2D eigenvalue weighted by Crippen LogP contribution is -2.39. The van der Waals surface area contributed by atoms with Crippen molar-refractivity contribution in [2.45, 2.75) is 19.0 Å². The number of rotatable bonds is 6. The minimum Gasteiger partial charge on any atom is -0.398 e. The van der Waals surface area contributed by atoms with Crippen molar-refractivity contribution in [2.24, 2.45) is 5.73 Å². The molecule has 4 nitrogen and oxygen atoms in total. The van der Waals surface area contributed by atoms with Gasteiger partial charge in [-0.1, -0.05) is 0 Å². The van der Waals surface area contributed by atoms with Gasteiger partial charge in [0.1, 0.15) is 0 Å². The molecule has 0 spiro atoms. The molecule has 0 fully saturated rings. The van der Waals surface area contributed by atoms with Gasteiger partial charge in [-0.25, -0.2) is 0 Å². The first-order valence-electron chi connectivity index (χ1n) is 3.68. The Bertz CT molecular complexity index is 104. The molecule has 1 atom stereocenters. The molecule has 0 aliphatic heterocycles. The highest BCUT2D eigenvalue weighted by Gasteiger charge is 2.28. The van der Waals surface area contributed by atoms with Crippen molar-refractivity contribution in [3.8, 4) is 0 Å². The van der Waals surface area contributed by atoms with Crippen molar-refractivity contribution in [1.29, 1.82) is 0 Å². The summed E-state index contributed by atoms with van der Waals surface area (Å²) in [6, 6.07) is 0.789. The van der Waals surface area contributed by atoms with Crippen LogP contribution in [0.5, 0.6) is 0 Å². The molecule has 0 rings (SSSR count). The second-order valence-electron chi connectivity index (χ2n) is 2.48. The first-order valence-corrected chi connectivity index (χ1v) is 6.21. The molecule has 3 N–H and O–H groups in total. The SMILES string of the molecule is CO[Si](C)(CCCO)OCN. The molecule has 0 aliphatic rings. The van der Waals surface area contributed by atoms with Gasteiger partial charge < -0.3 is 19.7 Å². The summed E-state index contributed by atoms with van der Waals surface area (Å²) >= 11 is 0. The molecule has 0 aliphatic carbocycles. The van der Waals surface area contributed by atoms with Gasteiger partial charge in [-0.05, 0) is 19.0 Å². The summed E-state index contributed by atoms with van der Waals surface area (Å²) in [7, 11) is -0.405. The van der Waals surface area contributed by atoms with E-state index in [-0.39, 0.29) is 13.3 Å². The van der Waals surface area contributed by atoms with Crippen LogP contribution in [-0.2, 0) is 8.85 Å². The summed E-state index contributed by atoms with van der Waals surface area (Å²) in [6.45, 7) is 2.32. The monoisotopic (exact) mass is 179 g/mol. The smallest absolute Gasteiger partial charge is 0.335 e. The van der Waals surface area contributed by atoms with E-state index in [0.29, 0.717) is 0 Å². The van der Waals surface area contributed by atoms with Crippen LogP contribution in [0.4, 0.5) is 0 Å². The highest BCUT2D eigenvalue weighted by Crippen LogP contribution is 2.13. The fourth-order valence-electron chi connectivity index (χ4n) is 0.810. The number of hydrogen-bond donors (Lipinski definition) is 2. The Morgan fingerprint density at radius 3 is 2.55 bits per heavy atom. The third-order valence-electron chi connectivity index (χ3n) is 1.61. The van der Waals surface area contributed by atoms with Crippen LogP contribution in [0.3, 0.4) is 0 Å². The Kier molecular flexibility index (Phi) is 5.70. The predicted octanol–water partition coefficient (Wildman–Crippen LogP) is 0.0200. The summed E-state index contributed by atoms with van der Waals surface area (Å²) in [5, 5.41) is 8.57. The Hall–Kier alpha value is 0.0569. The van der Waals surface area contributed by atoms with Crippen molar-refractivity contribution >= 4 is 8.56 Å². The fourth-order valence-corrected chi connectivity index (χ4v) is 2.43. The van der Waals surface area contributed by atoms with Crippen LogP contribution >= 0.6 is 0 Å². The zero-order valence-corrected chi connectivity index (χ0v) is 8.17. The van der Waals surface area contributed by atoms with E-state index in [0.717, 1.165) is 12.5 Å². The van der Waals surface area contributed by atoms with Crippen LogP contribution in [0.15, 0.2) is 0 Å². The number of aliphatic hydroxyl groups is 1. The van der Waals surface area contributed by atoms with Gasteiger partial charge in [0.05, 0.1) is 6.73 Å². The predicted molar refractivity (Wildman–Crippen MR) is 45.3 cm³/mol. The van der Waals surface area contributed by atoms with E-state index in [4.69, 9.17) is 19.7 Å². The second-order valence-corrected chi connectivity index (χ2v) is 5.94. The minimum absolute atomic E-state index is 0.180. The second kappa shape index (κ2) is 5.67. The average molecular weight is 179 g/mol. The first-order chi connectivity index (χ1) is 5.18. The number of aliphatic hydroxyl groups excluding tert-OH is 1. The quantitative estimate of drug-likeness (QED) is 0.446.